The molecule has 1 aliphatic rings. The Hall–Kier alpha value is -0.790. The molecule has 1 aromatic carbocycles. The van der Waals surface area contributed by atoms with Gasteiger partial charge in [0.05, 0.1) is 6.16 Å². The first kappa shape index (κ1) is 23.5. The van der Waals surface area contributed by atoms with Gasteiger partial charge in [0, 0.05) is 0 Å². The van der Waals surface area contributed by atoms with E-state index in [0.717, 1.165) is 37.7 Å². The van der Waals surface area contributed by atoms with Crippen LogP contribution in [0.15, 0.2) is 24.3 Å². The highest BCUT2D eigenvalue weighted by Crippen LogP contribution is 2.47. The maximum absolute atomic E-state index is 12.6. The van der Waals surface area contributed by atoms with Crippen LogP contribution in [0.5, 0.6) is 5.75 Å². The molecule has 28 heavy (non-hydrogen) atoms. The maximum atomic E-state index is 12.6. The molecule has 1 fully saturated rings. The van der Waals surface area contributed by atoms with Gasteiger partial charge in [0.2, 0.25) is 0 Å². The summed E-state index contributed by atoms with van der Waals surface area (Å²) in [5, 5.41) is 0. The highest BCUT2D eigenvalue weighted by Gasteiger charge is 2.25. The molecule has 1 N–H and O–H groups in total. The highest BCUT2D eigenvalue weighted by atomic mass is 31.2. The second-order valence-corrected chi connectivity index (χ2v) is 10.4. The van der Waals surface area contributed by atoms with Crippen molar-refractivity contribution in [1.29, 1.82) is 0 Å². The highest BCUT2D eigenvalue weighted by molar-refractivity contribution is 7.53. The van der Waals surface area contributed by atoms with Gasteiger partial charge >= 0.3 is 7.60 Å². The first-order valence-electron chi connectivity index (χ1n) is 11.7. The summed E-state index contributed by atoms with van der Waals surface area (Å²) in [6, 6.07) is 7.86. The van der Waals surface area contributed by atoms with Crippen molar-refractivity contribution in [2.45, 2.75) is 109 Å². The first-order valence-corrected chi connectivity index (χ1v) is 13.5. The fourth-order valence-corrected chi connectivity index (χ4v) is 5.50. The molecule has 0 heterocycles. The molecule has 160 valence electrons. The summed E-state index contributed by atoms with van der Waals surface area (Å²) in [5.74, 6) is 1.11. The van der Waals surface area contributed by atoms with Crippen LogP contribution in [0.3, 0.4) is 0 Å². The Kier molecular flexibility index (Phi) is 11.3. The first-order chi connectivity index (χ1) is 13.6. The van der Waals surface area contributed by atoms with Gasteiger partial charge in [-0.3, -0.25) is 0 Å². The number of hydrogen-bond donors (Lipinski definition) is 1. The van der Waals surface area contributed by atoms with Crippen molar-refractivity contribution in [1.82, 2.24) is 0 Å². The van der Waals surface area contributed by atoms with Crippen molar-refractivity contribution in [2.24, 2.45) is 0 Å². The van der Waals surface area contributed by atoms with Crippen LogP contribution < -0.4 is 4.52 Å². The fraction of sp³-hybridized carbons (Fsp3) is 0.750. The zero-order valence-electron chi connectivity index (χ0n) is 17.9. The number of hydrogen-bond acceptors (Lipinski definition) is 2. The van der Waals surface area contributed by atoms with E-state index in [2.05, 4.69) is 13.0 Å². The van der Waals surface area contributed by atoms with Gasteiger partial charge in [0.1, 0.15) is 5.75 Å². The van der Waals surface area contributed by atoms with E-state index in [-0.39, 0.29) is 6.16 Å². The third-order valence-electron chi connectivity index (χ3n) is 6.00. The molecule has 0 aliphatic heterocycles. The van der Waals surface area contributed by atoms with Crippen LogP contribution in [0.4, 0.5) is 0 Å². The topological polar surface area (TPSA) is 46.5 Å². The van der Waals surface area contributed by atoms with Gasteiger partial charge in [-0.25, -0.2) is 4.57 Å². The zero-order chi connectivity index (χ0) is 20.1. The predicted molar refractivity (Wildman–Crippen MR) is 119 cm³/mol. The minimum atomic E-state index is -3.57. The third-order valence-corrected chi connectivity index (χ3v) is 7.36. The lowest BCUT2D eigenvalue weighted by Gasteiger charge is -2.25. The number of rotatable bonds is 14. The molecule has 4 heteroatoms. The van der Waals surface area contributed by atoms with Crippen molar-refractivity contribution in [3.8, 4) is 5.75 Å². The maximum Gasteiger partial charge on any atom is 0.376 e. The Labute approximate surface area is 172 Å². The molecule has 0 amide bonds. The summed E-state index contributed by atoms with van der Waals surface area (Å²) in [6.45, 7) is 2.25. The van der Waals surface area contributed by atoms with Crippen molar-refractivity contribution < 1.29 is 14.0 Å². The molecule has 0 aromatic heterocycles. The Morgan fingerprint density at radius 1 is 0.893 bits per heavy atom. The summed E-state index contributed by atoms with van der Waals surface area (Å²) in [7, 11) is -3.57. The Bertz CT molecular complexity index is 581. The molecule has 3 nitrogen and oxygen atoms in total. The van der Waals surface area contributed by atoms with Gasteiger partial charge in [0.25, 0.3) is 0 Å². The van der Waals surface area contributed by atoms with Gasteiger partial charge in [-0.05, 0) is 36.8 Å². The number of benzene rings is 1. The standard InChI is InChI=1S/C24H41O3P/c1-2-3-4-5-6-7-8-9-10-16-21-28(25,26)27-24-20-15-14-19-23(24)22-17-12-11-13-18-22/h14-15,19-20,22H,2-13,16-18,21H2,1H3,(H,25,26). The Balaban J connectivity index is 1.67. The van der Waals surface area contributed by atoms with Crippen LogP contribution >= 0.6 is 7.60 Å². The second kappa shape index (κ2) is 13.4. The van der Waals surface area contributed by atoms with E-state index in [1.165, 1.54) is 64.2 Å². The van der Waals surface area contributed by atoms with Crippen molar-refractivity contribution in [3.63, 3.8) is 0 Å². The Morgan fingerprint density at radius 3 is 2.11 bits per heavy atom. The summed E-state index contributed by atoms with van der Waals surface area (Å²) in [6.07, 6.45) is 18.6. The van der Waals surface area contributed by atoms with Crippen LogP contribution in [0.2, 0.25) is 0 Å². The van der Waals surface area contributed by atoms with Crippen LogP contribution in [-0.4, -0.2) is 11.1 Å². The summed E-state index contributed by atoms with van der Waals surface area (Å²) in [4.78, 5) is 10.3. The quantitative estimate of drug-likeness (QED) is 0.249. The molecule has 0 bridgehead atoms. The van der Waals surface area contributed by atoms with Crippen LogP contribution in [-0.2, 0) is 4.57 Å². The molecule has 0 saturated heterocycles. The summed E-state index contributed by atoms with van der Waals surface area (Å²) >= 11 is 0. The van der Waals surface area contributed by atoms with E-state index in [9.17, 15) is 9.46 Å². The number of para-hydroxylation sites is 1. The largest absolute Gasteiger partial charge is 0.424 e. The Morgan fingerprint density at radius 2 is 1.46 bits per heavy atom. The van der Waals surface area contributed by atoms with Crippen molar-refractivity contribution in [3.05, 3.63) is 29.8 Å². The smallest absolute Gasteiger partial charge is 0.376 e. The average molecular weight is 409 g/mol. The molecule has 0 spiro atoms. The van der Waals surface area contributed by atoms with Gasteiger partial charge < -0.3 is 9.42 Å². The molecule has 2 rings (SSSR count). The zero-order valence-corrected chi connectivity index (χ0v) is 18.8. The van der Waals surface area contributed by atoms with Gasteiger partial charge in [-0.15, -0.1) is 0 Å². The third kappa shape index (κ3) is 9.14. The SMILES string of the molecule is CCCCCCCCCCCCP(=O)(O)Oc1ccccc1C1CCCCC1. The molecule has 1 saturated carbocycles. The van der Waals surface area contributed by atoms with E-state index in [1.54, 1.807) is 0 Å². The van der Waals surface area contributed by atoms with Gasteiger partial charge in [0.15, 0.2) is 0 Å². The lowest BCUT2D eigenvalue weighted by Crippen LogP contribution is -2.07. The summed E-state index contributed by atoms with van der Waals surface area (Å²) in [5.41, 5.74) is 1.12. The van der Waals surface area contributed by atoms with Crippen LogP contribution in [0.25, 0.3) is 0 Å². The number of unbranched alkanes of at least 4 members (excludes halogenated alkanes) is 9. The molecule has 1 aromatic rings. The minimum Gasteiger partial charge on any atom is -0.424 e. The molecular weight excluding hydrogens is 367 g/mol. The van der Waals surface area contributed by atoms with Crippen LogP contribution in [0.1, 0.15) is 115 Å². The van der Waals surface area contributed by atoms with E-state index in [4.69, 9.17) is 4.52 Å². The molecule has 1 unspecified atom stereocenters. The molecule has 1 atom stereocenters. The van der Waals surface area contributed by atoms with Crippen LogP contribution in [0, 0.1) is 0 Å². The lowest BCUT2D eigenvalue weighted by molar-refractivity contribution is 0.369. The van der Waals surface area contributed by atoms with E-state index < -0.39 is 7.60 Å². The van der Waals surface area contributed by atoms with Gasteiger partial charge in [-0.2, -0.15) is 0 Å². The summed E-state index contributed by atoms with van der Waals surface area (Å²) < 4.78 is 18.3. The predicted octanol–water partition coefficient (Wildman–Crippen LogP) is 8.22. The van der Waals surface area contributed by atoms with Crippen molar-refractivity contribution >= 4 is 7.60 Å². The van der Waals surface area contributed by atoms with Gasteiger partial charge in [-0.1, -0.05) is 102 Å². The fourth-order valence-electron chi connectivity index (χ4n) is 4.31. The van der Waals surface area contributed by atoms with E-state index in [1.807, 2.05) is 18.2 Å². The lowest BCUT2D eigenvalue weighted by atomic mass is 9.84. The minimum absolute atomic E-state index is 0.266. The van der Waals surface area contributed by atoms with Crippen molar-refractivity contribution in [2.75, 3.05) is 6.16 Å². The molecule has 1 aliphatic carbocycles. The molecule has 0 radical (unpaired) electrons. The van der Waals surface area contributed by atoms with E-state index in [0.29, 0.717) is 11.7 Å². The van der Waals surface area contributed by atoms with E-state index >= 15 is 0 Å². The monoisotopic (exact) mass is 408 g/mol. The average Bonchev–Trinajstić information content (AvgIpc) is 2.70. The molecular formula is C24H41O3P. The second-order valence-electron chi connectivity index (χ2n) is 8.51. The normalized spacial score (nSPS) is 17.4.